The van der Waals surface area contributed by atoms with Crippen LogP contribution in [0.3, 0.4) is 0 Å². The first-order valence-corrected chi connectivity index (χ1v) is 8.43. The van der Waals surface area contributed by atoms with E-state index in [2.05, 4.69) is 51.2 Å². The van der Waals surface area contributed by atoms with E-state index in [1.807, 2.05) is 6.07 Å². The van der Waals surface area contributed by atoms with Crippen molar-refractivity contribution in [1.29, 1.82) is 0 Å². The molecule has 0 unspecified atom stereocenters. The van der Waals surface area contributed by atoms with Crippen molar-refractivity contribution in [1.82, 2.24) is 0 Å². The summed E-state index contributed by atoms with van der Waals surface area (Å²) in [7, 11) is 0. The third-order valence-electron chi connectivity index (χ3n) is 3.86. The van der Waals surface area contributed by atoms with Gasteiger partial charge < -0.3 is 5.32 Å². The standard InChI is InChI=1S/C18H23NOS/c1-5-13-9-8-10-14(6-2)17(13)19-18(20)16-11-15(7-3)12(4)21-16/h8-11H,5-7H2,1-4H3,(H,19,20). The number of amides is 1. The van der Waals surface area contributed by atoms with Crippen LogP contribution in [-0.2, 0) is 19.3 Å². The molecule has 112 valence electrons. The van der Waals surface area contributed by atoms with Crippen LogP contribution < -0.4 is 5.32 Å². The quantitative estimate of drug-likeness (QED) is 0.827. The normalized spacial score (nSPS) is 10.7. The summed E-state index contributed by atoms with van der Waals surface area (Å²) < 4.78 is 0. The number of rotatable bonds is 5. The highest BCUT2D eigenvalue weighted by Crippen LogP contribution is 2.26. The maximum absolute atomic E-state index is 12.5. The first-order valence-electron chi connectivity index (χ1n) is 7.62. The summed E-state index contributed by atoms with van der Waals surface area (Å²) in [5.41, 5.74) is 4.67. The largest absolute Gasteiger partial charge is 0.321 e. The number of carbonyl (C=O) groups excluding carboxylic acids is 1. The highest BCUT2D eigenvalue weighted by atomic mass is 32.1. The van der Waals surface area contributed by atoms with Gasteiger partial charge in [-0.2, -0.15) is 0 Å². The van der Waals surface area contributed by atoms with E-state index in [1.165, 1.54) is 21.6 Å². The summed E-state index contributed by atoms with van der Waals surface area (Å²) in [5, 5.41) is 3.13. The molecule has 0 atom stereocenters. The molecule has 1 N–H and O–H groups in total. The molecule has 0 saturated carbocycles. The lowest BCUT2D eigenvalue weighted by Crippen LogP contribution is -2.13. The molecule has 1 aromatic carbocycles. The van der Waals surface area contributed by atoms with Gasteiger partial charge in [0.25, 0.3) is 5.91 Å². The van der Waals surface area contributed by atoms with Gasteiger partial charge in [-0.3, -0.25) is 4.79 Å². The monoisotopic (exact) mass is 301 g/mol. The second-order valence-electron chi connectivity index (χ2n) is 5.16. The number of nitrogens with one attached hydrogen (secondary N) is 1. The van der Waals surface area contributed by atoms with Crippen molar-refractivity contribution >= 4 is 22.9 Å². The maximum Gasteiger partial charge on any atom is 0.265 e. The molecule has 21 heavy (non-hydrogen) atoms. The molecule has 3 heteroatoms. The molecule has 0 spiro atoms. The van der Waals surface area contributed by atoms with Gasteiger partial charge in [0.2, 0.25) is 0 Å². The molecule has 0 radical (unpaired) electrons. The van der Waals surface area contributed by atoms with E-state index >= 15 is 0 Å². The molecule has 0 aliphatic rings. The van der Waals surface area contributed by atoms with E-state index in [4.69, 9.17) is 0 Å². The van der Waals surface area contributed by atoms with Gasteiger partial charge in [0.1, 0.15) is 0 Å². The SMILES string of the molecule is CCc1cc(C(=O)Nc2c(CC)cccc2CC)sc1C. The average Bonchev–Trinajstić information content (AvgIpc) is 2.88. The molecule has 1 aromatic heterocycles. The summed E-state index contributed by atoms with van der Waals surface area (Å²) in [6.07, 6.45) is 2.82. The van der Waals surface area contributed by atoms with Crippen molar-refractivity contribution in [3.05, 3.63) is 50.7 Å². The van der Waals surface area contributed by atoms with Crippen LogP contribution in [0.2, 0.25) is 0 Å². The smallest absolute Gasteiger partial charge is 0.265 e. The highest BCUT2D eigenvalue weighted by Gasteiger charge is 2.14. The van der Waals surface area contributed by atoms with Crippen LogP contribution in [0.1, 0.15) is 52.0 Å². The topological polar surface area (TPSA) is 29.1 Å². The third kappa shape index (κ3) is 3.35. The van der Waals surface area contributed by atoms with Crippen LogP contribution in [0, 0.1) is 6.92 Å². The fourth-order valence-corrected chi connectivity index (χ4v) is 3.57. The predicted octanol–water partition coefficient (Wildman–Crippen LogP) is 5.00. The Morgan fingerprint density at radius 2 is 1.62 bits per heavy atom. The number of aryl methyl sites for hydroxylation is 4. The predicted molar refractivity (Wildman–Crippen MR) is 91.6 cm³/mol. The minimum atomic E-state index is 0.0124. The minimum absolute atomic E-state index is 0.0124. The van der Waals surface area contributed by atoms with E-state index in [0.717, 1.165) is 29.8 Å². The molecular formula is C18H23NOS. The van der Waals surface area contributed by atoms with Crippen LogP contribution in [0.5, 0.6) is 0 Å². The Kier molecular flexibility index (Phi) is 5.18. The van der Waals surface area contributed by atoms with Gasteiger partial charge in [-0.15, -0.1) is 11.3 Å². The van der Waals surface area contributed by atoms with Gasteiger partial charge in [0, 0.05) is 10.6 Å². The highest BCUT2D eigenvalue weighted by molar-refractivity contribution is 7.14. The Morgan fingerprint density at radius 1 is 1.05 bits per heavy atom. The lowest BCUT2D eigenvalue weighted by Gasteiger charge is -2.13. The molecule has 0 aliphatic heterocycles. The fraction of sp³-hybridized carbons (Fsp3) is 0.389. The van der Waals surface area contributed by atoms with Crippen molar-refractivity contribution in [2.45, 2.75) is 47.0 Å². The molecular weight excluding hydrogens is 278 g/mol. The van der Waals surface area contributed by atoms with Crippen LogP contribution in [0.25, 0.3) is 0 Å². The summed E-state index contributed by atoms with van der Waals surface area (Å²) >= 11 is 1.58. The second-order valence-corrected chi connectivity index (χ2v) is 6.41. The van der Waals surface area contributed by atoms with Crippen molar-refractivity contribution in [3.8, 4) is 0 Å². The first-order chi connectivity index (χ1) is 10.1. The van der Waals surface area contributed by atoms with Crippen LogP contribution in [0.4, 0.5) is 5.69 Å². The Labute approximate surface area is 131 Å². The van der Waals surface area contributed by atoms with Gasteiger partial charge >= 0.3 is 0 Å². The number of para-hydroxylation sites is 1. The molecule has 1 amide bonds. The molecule has 2 nitrogen and oxygen atoms in total. The molecule has 0 saturated heterocycles. The van der Waals surface area contributed by atoms with Gasteiger partial charge in [-0.25, -0.2) is 0 Å². The molecule has 1 heterocycles. The number of benzene rings is 1. The van der Waals surface area contributed by atoms with Gasteiger partial charge in [-0.05, 0) is 48.9 Å². The van der Waals surface area contributed by atoms with E-state index in [-0.39, 0.29) is 5.91 Å². The maximum atomic E-state index is 12.5. The number of thiophene rings is 1. The number of hydrogen-bond donors (Lipinski definition) is 1. The zero-order chi connectivity index (χ0) is 15.4. The molecule has 2 aromatic rings. The fourth-order valence-electron chi connectivity index (χ4n) is 2.56. The van der Waals surface area contributed by atoms with Gasteiger partial charge in [-0.1, -0.05) is 39.0 Å². The molecule has 0 bridgehead atoms. The van der Waals surface area contributed by atoms with Crippen LogP contribution in [-0.4, -0.2) is 5.91 Å². The zero-order valence-corrected chi connectivity index (χ0v) is 14.1. The minimum Gasteiger partial charge on any atom is -0.321 e. The van der Waals surface area contributed by atoms with E-state index < -0.39 is 0 Å². The Hall–Kier alpha value is -1.61. The molecule has 2 rings (SSSR count). The van der Waals surface area contributed by atoms with Crippen LogP contribution >= 0.6 is 11.3 Å². The van der Waals surface area contributed by atoms with E-state index in [1.54, 1.807) is 11.3 Å². The van der Waals surface area contributed by atoms with Crippen LogP contribution in [0.15, 0.2) is 24.3 Å². The number of carbonyl (C=O) groups is 1. The lowest BCUT2D eigenvalue weighted by atomic mass is 10.0. The Bertz CT molecular complexity index is 620. The zero-order valence-electron chi connectivity index (χ0n) is 13.2. The second kappa shape index (κ2) is 6.90. The van der Waals surface area contributed by atoms with Crippen molar-refractivity contribution in [2.24, 2.45) is 0 Å². The van der Waals surface area contributed by atoms with E-state index in [9.17, 15) is 4.79 Å². The summed E-state index contributed by atoms with van der Waals surface area (Å²) in [4.78, 5) is 14.6. The number of hydrogen-bond acceptors (Lipinski definition) is 2. The molecule has 0 aliphatic carbocycles. The molecule has 0 fully saturated rings. The van der Waals surface area contributed by atoms with Gasteiger partial charge in [0.05, 0.1) is 4.88 Å². The Balaban J connectivity index is 2.30. The van der Waals surface area contributed by atoms with Crippen molar-refractivity contribution in [3.63, 3.8) is 0 Å². The van der Waals surface area contributed by atoms with Gasteiger partial charge in [0.15, 0.2) is 0 Å². The summed E-state index contributed by atoms with van der Waals surface area (Å²) in [6.45, 7) is 8.44. The van der Waals surface area contributed by atoms with Crippen molar-refractivity contribution < 1.29 is 4.79 Å². The lowest BCUT2D eigenvalue weighted by molar-refractivity contribution is 0.103. The first kappa shape index (κ1) is 15.8. The number of anilines is 1. The van der Waals surface area contributed by atoms with E-state index in [0.29, 0.717) is 0 Å². The Morgan fingerprint density at radius 3 is 2.10 bits per heavy atom. The average molecular weight is 301 g/mol. The summed E-state index contributed by atoms with van der Waals surface area (Å²) in [6, 6.07) is 8.27. The third-order valence-corrected chi connectivity index (χ3v) is 4.95. The summed E-state index contributed by atoms with van der Waals surface area (Å²) in [5.74, 6) is 0.0124. The van der Waals surface area contributed by atoms with Crippen molar-refractivity contribution in [2.75, 3.05) is 5.32 Å².